The summed E-state index contributed by atoms with van der Waals surface area (Å²) in [5.41, 5.74) is 0. The molecule has 0 saturated heterocycles. The van der Waals surface area contributed by atoms with Crippen molar-refractivity contribution in [1.82, 2.24) is 0 Å². The van der Waals surface area contributed by atoms with Gasteiger partial charge >= 0.3 is 0 Å². The number of halogens is 2. The lowest BCUT2D eigenvalue weighted by Gasteiger charge is -1.93. The van der Waals surface area contributed by atoms with Gasteiger partial charge in [0, 0.05) is 29.3 Å². The van der Waals surface area contributed by atoms with E-state index in [1.165, 1.54) is 39.0 Å². The quantitative estimate of drug-likeness (QED) is 0.202. The lowest BCUT2D eigenvalue weighted by Crippen LogP contribution is -1.65. The molecule has 0 bridgehead atoms. The van der Waals surface area contributed by atoms with E-state index in [-0.39, 0.29) is 0 Å². The Morgan fingerprint density at radius 2 is 0.926 bits per heavy atom. The van der Waals surface area contributed by atoms with Crippen LogP contribution in [0.2, 0.25) is 0 Å². The summed E-state index contributed by atoms with van der Waals surface area (Å²) in [5.74, 6) is 0. The van der Waals surface area contributed by atoms with Crippen LogP contribution >= 0.6 is 88.5 Å². The zero-order valence-electron chi connectivity index (χ0n) is 13.6. The van der Waals surface area contributed by atoms with E-state index in [1.54, 1.807) is 22.7 Å². The minimum absolute atomic E-state index is 1.15. The van der Waals surface area contributed by atoms with Crippen molar-refractivity contribution in [3.05, 3.63) is 68.2 Å². The zero-order valence-corrected chi connectivity index (χ0v) is 20.8. The molecule has 0 spiro atoms. The Balaban J connectivity index is 1.53. The van der Waals surface area contributed by atoms with Crippen molar-refractivity contribution in [3.63, 3.8) is 0 Å². The van der Waals surface area contributed by atoms with Crippen molar-refractivity contribution in [1.29, 1.82) is 0 Å². The first kappa shape index (κ1) is 18.5. The van der Waals surface area contributed by atoms with Crippen LogP contribution in [0.5, 0.6) is 0 Å². The summed E-state index contributed by atoms with van der Waals surface area (Å²) in [4.78, 5) is 10.5. The molecular formula is C20H10Br2S5. The van der Waals surface area contributed by atoms with Gasteiger partial charge in [-0.25, -0.2) is 0 Å². The van der Waals surface area contributed by atoms with Crippen LogP contribution < -0.4 is 0 Å². The van der Waals surface area contributed by atoms with E-state index in [0.29, 0.717) is 0 Å². The molecule has 5 rings (SSSR count). The molecule has 0 amide bonds. The van der Waals surface area contributed by atoms with Crippen LogP contribution in [-0.2, 0) is 0 Å². The third-order valence-corrected chi connectivity index (χ3v) is 12.5. The average Bonchev–Trinajstić information content (AvgIpc) is 3.48. The fourth-order valence-electron chi connectivity index (χ4n) is 2.73. The van der Waals surface area contributed by atoms with Gasteiger partial charge in [0.25, 0.3) is 0 Å². The molecule has 5 heterocycles. The topological polar surface area (TPSA) is 0 Å². The lowest BCUT2D eigenvalue weighted by molar-refractivity contribution is 1.76. The van der Waals surface area contributed by atoms with E-state index in [4.69, 9.17) is 0 Å². The molecular weight excluding hydrogens is 560 g/mol. The summed E-state index contributed by atoms with van der Waals surface area (Å²) in [5, 5.41) is 4.26. The van der Waals surface area contributed by atoms with E-state index in [1.807, 2.05) is 34.0 Å². The molecule has 27 heavy (non-hydrogen) atoms. The molecule has 0 aliphatic carbocycles. The molecule has 0 aliphatic heterocycles. The molecule has 7 heteroatoms. The highest BCUT2D eigenvalue weighted by Crippen LogP contribution is 2.52. The monoisotopic (exact) mass is 568 g/mol. The number of thiophene rings is 5. The van der Waals surface area contributed by atoms with E-state index in [9.17, 15) is 0 Å². The highest BCUT2D eigenvalue weighted by molar-refractivity contribution is 9.13. The number of rotatable bonds is 4. The van der Waals surface area contributed by atoms with E-state index in [0.717, 1.165) is 8.95 Å². The first-order valence-corrected chi connectivity index (χ1v) is 13.8. The van der Waals surface area contributed by atoms with Crippen molar-refractivity contribution in [2.24, 2.45) is 0 Å². The predicted molar refractivity (Wildman–Crippen MR) is 133 cm³/mol. The van der Waals surface area contributed by atoms with Gasteiger partial charge in [-0.15, -0.1) is 56.7 Å². The SMILES string of the molecule is Brc1c(-c2ccc(-c3cccs3)s2)sc(-c2ccc(-c3cccs3)s2)c1Br. The zero-order chi connectivity index (χ0) is 18.4. The number of hydrogen-bond acceptors (Lipinski definition) is 5. The summed E-state index contributed by atoms with van der Waals surface area (Å²) in [6.07, 6.45) is 0. The van der Waals surface area contributed by atoms with Crippen LogP contribution in [-0.4, -0.2) is 0 Å². The lowest BCUT2D eigenvalue weighted by atomic mass is 10.3. The van der Waals surface area contributed by atoms with Gasteiger partial charge < -0.3 is 0 Å². The summed E-state index contributed by atoms with van der Waals surface area (Å²) < 4.78 is 2.29. The fraction of sp³-hybridized carbons (Fsp3) is 0. The second-order valence-corrected chi connectivity index (χ2v) is 12.3. The Morgan fingerprint density at radius 3 is 1.33 bits per heavy atom. The Morgan fingerprint density at radius 1 is 0.481 bits per heavy atom. The summed E-state index contributed by atoms with van der Waals surface area (Å²) >= 11 is 16.8. The van der Waals surface area contributed by atoms with Gasteiger partial charge in [0.05, 0.1) is 18.7 Å². The molecule has 0 radical (unpaired) electrons. The second-order valence-electron chi connectivity index (χ2n) is 5.67. The average molecular weight is 570 g/mol. The molecule has 0 unspecified atom stereocenters. The highest BCUT2D eigenvalue weighted by Gasteiger charge is 2.20. The molecule has 5 aromatic heterocycles. The van der Waals surface area contributed by atoms with Crippen LogP contribution in [0.1, 0.15) is 0 Å². The van der Waals surface area contributed by atoms with Gasteiger partial charge in [-0.2, -0.15) is 0 Å². The predicted octanol–water partition coefficient (Wildman–Crippen LogP) is 10.2. The molecule has 0 aromatic carbocycles. The standard InChI is InChI=1S/C20H10Br2S5/c21-17-18(22)20(16-8-6-14(26-16)12-4-2-10-24-12)27-19(17)15-7-5-13(25-15)11-3-1-9-23-11/h1-10H. The minimum atomic E-state index is 1.15. The summed E-state index contributed by atoms with van der Waals surface area (Å²) in [6.45, 7) is 0. The molecule has 0 atom stereocenters. The van der Waals surface area contributed by atoms with E-state index >= 15 is 0 Å². The van der Waals surface area contributed by atoms with Gasteiger partial charge in [-0.3, -0.25) is 0 Å². The Kier molecular flexibility index (Phi) is 5.28. The van der Waals surface area contributed by atoms with Gasteiger partial charge in [0.2, 0.25) is 0 Å². The van der Waals surface area contributed by atoms with Crippen molar-refractivity contribution in [2.75, 3.05) is 0 Å². The summed E-state index contributed by atoms with van der Waals surface area (Å²) in [6, 6.07) is 17.5. The van der Waals surface area contributed by atoms with Crippen LogP contribution in [0.25, 0.3) is 39.0 Å². The van der Waals surface area contributed by atoms with Crippen molar-refractivity contribution in [2.45, 2.75) is 0 Å². The smallest absolute Gasteiger partial charge is 0.0603 e. The maximum absolute atomic E-state index is 3.82. The largest absolute Gasteiger partial charge is 0.143 e. The molecule has 0 nitrogen and oxygen atoms in total. The van der Waals surface area contributed by atoms with Crippen LogP contribution in [0, 0.1) is 0 Å². The molecule has 0 fully saturated rings. The van der Waals surface area contributed by atoms with Crippen molar-refractivity contribution in [3.8, 4) is 39.0 Å². The molecule has 0 N–H and O–H groups in total. The maximum Gasteiger partial charge on any atom is 0.0603 e. The van der Waals surface area contributed by atoms with Crippen LogP contribution in [0.4, 0.5) is 0 Å². The van der Waals surface area contributed by atoms with Gasteiger partial charge in [-0.1, -0.05) is 12.1 Å². The number of hydrogen-bond donors (Lipinski definition) is 0. The van der Waals surface area contributed by atoms with Gasteiger partial charge in [-0.05, 0) is 79.0 Å². The Hall–Kier alpha value is -0.540. The van der Waals surface area contributed by atoms with Gasteiger partial charge in [0.15, 0.2) is 0 Å². The maximum atomic E-state index is 3.82. The highest BCUT2D eigenvalue weighted by atomic mass is 79.9. The molecule has 5 aromatic rings. The summed E-state index contributed by atoms with van der Waals surface area (Å²) in [7, 11) is 0. The third-order valence-electron chi connectivity index (χ3n) is 3.98. The second kappa shape index (κ2) is 7.71. The van der Waals surface area contributed by atoms with Crippen molar-refractivity contribution >= 4 is 88.5 Å². The first-order valence-electron chi connectivity index (χ1n) is 7.96. The first-order chi connectivity index (χ1) is 13.2. The molecule has 134 valence electrons. The Bertz CT molecular complexity index is 1100. The van der Waals surface area contributed by atoms with Crippen LogP contribution in [0.15, 0.2) is 68.2 Å². The third kappa shape index (κ3) is 3.48. The van der Waals surface area contributed by atoms with E-state index in [2.05, 4.69) is 91.2 Å². The fourth-order valence-corrected chi connectivity index (χ4v) is 9.56. The molecule has 0 saturated carbocycles. The van der Waals surface area contributed by atoms with Gasteiger partial charge in [0.1, 0.15) is 0 Å². The van der Waals surface area contributed by atoms with Crippen molar-refractivity contribution < 1.29 is 0 Å². The van der Waals surface area contributed by atoms with Crippen LogP contribution in [0.3, 0.4) is 0 Å². The Labute approximate surface area is 194 Å². The van der Waals surface area contributed by atoms with E-state index < -0.39 is 0 Å². The normalized spacial score (nSPS) is 11.3. The minimum Gasteiger partial charge on any atom is -0.143 e. The molecule has 0 aliphatic rings.